The first-order valence-corrected chi connectivity index (χ1v) is 10.9. The molecule has 0 spiro atoms. The summed E-state index contributed by atoms with van der Waals surface area (Å²) in [4.78, 5) is 42.4. The Morgan fingerprint density at radius 3 is 2.53 bits per heavy atom. The minimum Gasteiger partial charge on any atom is -0.497 e. The third kappa shape index (κ3) is 4.75. The molecule has 1 atom stereocenters. The van der Waals surface area contributed by atoms with Gasteiger partial charge in [0.2, 0.25) is 0 Å². The van der Waals surface area contributed by atoms with Gasteiger partial charge in [0.15, 0.2) is 0 Å². The average molecular weight is 439 g/mol. The smallest absolute Gasteiger partial charge is 0.328 e. The molecule has 170 valence electrons. The summed E-state index contributed by atoms with van der Waals surface area (Å²) in [6.45, 7) is 8.24. The quantitative estimate of drug-likeness (QED) is 0.535. The Labute approximate surface area is 186 Å². The van der Waals surface area contributed by atoms with Gasteiger partial charge >= 0.3 is 5.69 Å². The number of rotatable bonds is 9. The summed E-state index contributed by atoms with van der Waals surface area (Å²) >= 11 is 0. The van der Waals surface area contributed by atoms with Crippen molar-refractivity contribution in [2.45, 2.75) is 33.4 Å². The summed E-state index contributed by atoms with van der Waals surface area (Å²) in [5, 5.41) is 3.38. The summed E-state index contributed by atoms with van der Waals surface area (Å²) in [5.74, 6) is 0.495. The predicted molar refractivity (Wildman–Crippen MR) is 125 cm³/mol. The van der Waals surface area contributed by atoms with E-state index in [1.165, 1.54) is 0 Å². The number of benzene rings is 2. The van der Waals surface area contributed by atoms with Crippen molar-refractivity contribution >= 4 is 16.8 Å². The van der Waals surface area contributed by atoms with E-state index >= 15 is 0 Å². The number of hydrogen-bond donors (Lipinski definition) is 2. The first kappa shape index (κ1) is 23.3. The van der Waals surface area contributed by atoms with Crippen LogP contribution in [0.1, 0.15) is 42.7 Å². The van der Waals surface area contributed by atoms with Gasteiger partial charge in [-0.25, -0.2) is 4.79 Å². The zero-order valence-corrected chi connectivity index (χ0v) is 19.0. The van der Waals surface area contributed by atoms with Gasteiger partial charge in [-0.05, 0) is 55.9 Å². The Morgan fingerprint density at radius 2 is 1.88 bits per heavy atom. The second-order valence-electron chi connectivity index (χ2n) is 7.46. The van der Waals surface area contributed by atoms with Gasteiger partial charge in [0.1, 0.15) is 5.75 Å². The fraction of sp³-hybridized carbons (Fsp3) is 0.375. The van der Waals surface area contributed by atoms with Crippen LogP contribution < -0.4 is 21.3 Å². The van der Waals surface area contributed by atoms with Crippen LogP contribution in [0.2, 0.25) is 0 Å². The molecule has 0 saturated carbocycles. The maximum absolute atomic E-state index is 12.9. The molecule has 1 heterocycles. The molecule has 0 bridgehead atoms. The summed E-state index contributed by atoms with van der Waals surface area (Å²) in [6, 6.07) is 12.5. The number of carbonyl (C=O) groups is 1. The maximum Gasteiger partial charge on any atom is 0.328 e. The minimum absolute atomic E-state index is 0.0268. The number of likely N-dealkylation sites (N-methyl/N-ethyl adjacent to an activating group) is 1. The standard InChI is InChI=1S/C24H30N4O4/c1-5-27(6-2)21(16-9-8-10-18(13-16)32-4)15-25-22(29)17-11-12-19-20(14-17)26-24(31)28(7-3)23(19)30/h8-14,21H,5-7,15H2,1-4H3,(H,25,29)(H,26,31). The number of carbonyl (C=O) groups excluding carboxylic acids is 1. The molecule has 0 radical (unpaired) electrons. The summed E-state index contributed by atoms with van der Waals surface area (Å²) in [6.07, 6.45) is 0. The highest BCUT2D eigenvalue weighted by Gasteiger charge is 2.20. The van der Waals surface area contributed by atoms with Gasteiger partial charge < -0.3 is 15.0 Å². The van der Waals surface area contributed by atoms with Crippen molar-refractivity contribution in [1.82, 2.24) is 19.8 Å². The van der Waals surface area contributed by atoms with Crippen molar-refractivity contribution in [3.63, 3.8) is 0 Å². The number of methoxy groups -OCH3 is 1. The first-order valence-electron chi connectivity index (χ1n) is 10.9. The topological polar surface area (TPSA) is 96.4 Å². The molecular weight excluding hydrogens is 408 g/mol. The highest BCUT2D eigenvalue weighted by molar-refractivity contribution is 5.97. The van der Waals surface area contributed by atoms with E-state index in [2.05, 4.69) is 29.0 Å². The highest BCUT2D eigenvalue weighted by atomic mass is 16.5. The van der Waals surface area contributed by atoms with Gasteiger partial charge in [0.25, 0.3) is 11.5 Å². The molecule has 0 aliphatic heterocycles. The Hall–Kier alpha value is -3.39. The van der Waals surface area contributed by atoms with Crippen molar-refractivity contribution < 1.29 is 9.53 Å². The molecule has 3 rings (SSSR count). The lowest BCUT2D eigenvalue weighted by molar-refractivity contribution is 0.0935. The van der Waals surface area contributed by atoms with Crippen LogP contribution in [0.15, 0.2) is 52.1 Å². The number of fused-ring (bicyclic) bond motifs is 1. The van der Waals surface area contributed by atoms with Crippen molar-refractivity contribution in [2.75, 3.05) is 26.7 Å². The fourth-order valence-corrected chi connectivity index (χ4v) is 3.95. The molecule has 0 saturated heterocycles. The highest BCUT2D eigenvalue weighted by Crippen LogP contribution is 2.24. The third-order valence-electron chi connectivity index (χ3n) is 5.75. The summed E-state index contributed by atoms with van der Waals surface area (Å²) < 4.78 is 6.49. The van der Waals surface area contributed by atoms with E-state index in [-0.39, 0.29) is 24.1 Å². The van der Waals surface area contributed by atoms with E-state index in [9.17, 15) is 14.4 Å². The molecule has 0 aliphatic carbocycles. The van der Waals surface area contributed by atoms with E-state index < -0.39 is 5.69 Å². The third-order valence-corrected chi connectivity index (χ3v) is 5.75. The number of aromatic amines is 1. The Balaban J connectivity index is 1.86. The number of aromatic nitrogens is 2. The summed E-state index contributed by atoms with van der Waals surface area (Å²) in [5.41, 5.74) is 0.937. The maximum atomic E-state index is 12.9. The van der Waals surface area contributed by atoms with Crippen molar-refractivity contribution in [1.29, 1.82) is 0 Å². The van der Waals surface area contributed by atoms with E-state index in [0.29, 0.717) is 23.0 Å². The van der Waals surface area contributed by atoms with E-state index in [4.69, 9.17) is 4.74 Å². The Morgan fingerprint density at radius 1 is 1.12 bits per heavy atom. The van der Waals surface area contributed by atoms with Crippen LogP contribution >= 0.6 is 0 Å². The van der Waals surface area contributed by atoms with E-state index in [1.807, 2.05) is 24.3 Å². The summed E-state index contributed by atoms with van der Waals surface area (Å²) in [7, 11) is 1.63. The van der Waals surface area contributed by atoms with E-state index in [1.54, 1.807) is 32.2 Å². The molecule has 1 unspecified atom stereocenters. The van der Waals surface area contributed by atoms with Gasteiger partial charge in [-0.3, -0.25) is 19.1 Å². The van der Waals surface area contributed by atoms with Crippen LogP contribution in [0.25, 0.3) is 10.9 Å². The van der Waals surface area contributed by atoms with Crippen LogP contribution in [0.4, 0.5) is 0 Å². The number of nitrogens with zero attached hydrogens (tertiary/aromatic N) is 2. The van der Waals surface area contributed by atoms with Crippen LogP contribution in [0.3, 0.4) is 0 Å². The number of hydrogen-bond acceptors (Lipinski definition) is 5. The largest absolute Gasteiger partial charge is 0.497 e. The number of ether oxygens (including phenoxy) is 1. The molecule has 0 aliphatic rings. The molecule has 2 N–H and O–H groups in total. The normalized spacial score (nSPS) is 12.2. The number of H-pyrrole nitrogens is 1. The molecular formula is C24H30N4O4. The molecule has 1 amide bonds. The first-order chi connectivity index (χ1) is 15.4. The van der Waals surface area contributed by atoms with Gasteiger partial charge in [0, 0.05) is 18.7 Å². The fourth-order valence-electron chi connectivity index (χ4n) is 3.95. The van der Waals surface area contributed by atoms with Crippen molar-refractivity contribution in [2.24, 2.45) is 0 Å². The van der Waals surface area contributed by atoms with Gasteiger partial charge in [-0.15, -0.1) is 0 Å². The number of amides is 1. The number of nitrogens with one attached hydrogen (secondary N) is 2. The van der Waals surface area contributed by atoms with E-state index in [0.717, 1.165) is 29.0 Å². The van der Waals surface area contributed by atoms with Crippen LogP contribution in [-0.2, 0) is 6.54 Å². The van der Waals surface area contributed by atoms with Crippen LogP contribution in [0, 0.1) is 0 Å². The van der Waals surface area contributed by atoms with Crippen molar-refractivity contribution in [3.8, 4) is 5.75 Å². The second-order valence-corrected chi connectivity index (χ2v) is 7.46. The molecule has 3 aromatic rings. The average Bonchev–Trinajstić information content (AvgIpc) is 2.81. The predicted octanol–water partition coefficient (Wildman–Crippen LogP) is 2.53. The molecule has 1 aromatic heterocycles. The Bertz CT molecular complexity index is 1210. The lowest BCUT2D eigenvalue weighted by Crippen LogP contribution is -2.38. The molecule has 8 heteroatoms. The molecule has 2 aromatic carbocycles. The second kappa shape index (κ2) is 10.3. The van der Waals surface area contributed by atoms with Crippen molar-refractivity contribution in [3.05, 3.63) is 74.4 Å². The molecule has 8 nitrogen and oxygen atoms in total. The zero-order valence-electron chi connectivity index (χ0n) is 19.0. The lowest BCUT2D eigenvalue weighted by Gasteiger charge is -2.30. The zero-order chi connectivity index (χ0) is 23.3. The monoisotopic (exact) mass is 438 g/mol. The Kier molecular flexibility index (Phi) is 7.48. The van der Waals surface area contributed by atoms with Gasteiger partial charge in [-0.2, -0.15) is 0 Å². The molecule has 32 heavy (non-hydrogen) atoms. The van der Waals surface area contributed by atoms with Crippen LogP contribution in [0.5, 0.6) is 5.75 Å². The minimum atomic E-state index is -0.484. The van der Waals surface area contributed by atoms with Crippen LogP contribution in [-0.4, -0.2) is 47.1 Å². The SMILES string of the molecule is CCN(CC)C(CNC(=O)c1ccc2c(=O)n(CC)c(=O)[nH]c2c1)c1cccc(OC)c1. The van der Waals surface area contributed by atoms with Gasteiger partial charge in [-0.1, -0.05) is 26.0 Å². The van der Waals surface area contributed by atoms with Gasteiger partial charge in [0.05, 0.1) is 24.1 Å². The lowest BCUT2D eigenvalue weighted by atomic mass is 10.0. The molecule has 0 fully saturated rings.